The lowest BCUT2D eigenvalue weighted by Crippen LogP contribution is -2.44. The van der Waals surface area contributed by atoms with Crippen LogP contribution in [0.2, 0.25) is 0 Å². The summed E-state index contributed by atoms with van der Waals surface area (Å²) in [6, 6.07) is 7.22. The van der Waals surface area contributed by atoms with Crippen molar-refractivity contribution in [1.29, 1.82) is 0 Å². The zero-order valence-electron chi connectivity index (χ0n) is 14.5. The Labute approximate surface area is 143 Å². The highest BCUT2D eigenvalue weighted by atomic mass is 16.5. The van der Waals surface area contributed by atoms with Crippen LogP contribution < -0.4 is 5.32 Å². The molecule has 0 aromatic heterocycles. The quantitative estimate of drug-likeness (QED) is 0.643. The van der Waals surface area contributed by atoms with Crippen molar-refractivity contribution in [2.45, 2.75) is 32.2 Å². The molecule has 1 amide bonds. The Bertz CT molecular complexity index is 573. The van der Waals surface area contributed by atoms with Crippen molar-refractivity contribution in [3.05, 3.63) is 41.5 Å². The molecule has 0 atom stereocenters. The minimum atomic E-state index is -0.363. The molecule has 0 radical (unpaired) electrons. The summed E-state index contributed by atoms with van der Waals surface area (Å²) in [6.45, 7) is 5.44. The van der Waals surface area contributed by atoms with Crippen molar-refractivity contribution < 1.29 is 14.3 Å². The average Bonchev–Trinajstić information content (AvgIpc) is 2.61. The van der Waals surface area contributed by atoms with Crippen LogP contribution in [0.5, 0.6) is 0 Å². The molecule has 1 N–H and O–H groups in total. The van der Waals surface area contributed by atoms with Crippen LogP contribution in [0.15, 0.2) is 30.3 Å². The van der Waals surface area contributed by atoms with Gasteiger partial charge in [0.05, 0.1) is 12.7 Å². The van der Waals surface area contributed by atoms with Crippen LogP contribution in [0.1, 0.15) is 42.1 Å². The third kappa shape index (κ3) is 5.49. The highest BCUT2D eigenvalue weighted by Crippen LogP contribution is 2.11. The number of nitrogens with one attached hydrogen (secondary N) is 1. The second kappa shape index (κ2) is 9.23. The highest BCUT2D eigenvalue weighted by Gasteiger charge is 2.19. The summed E-state index contributed by atoms with van der Waals surface area (Å²) in [5.41, 5.74) is 1.37. The van der Waals surface area contributed by atoms with Gasteiger partial charge in [0, 0.05) is 25.2 Å². The topological polar surface area (TPSA) is 58.6 Å². The van der Waals surface area contributed by atoms with E-state index in [0.29, 0.717) is 5.56 Å². The van der Waals surface area contributed by atoms with Gasteiger partial charge < -0.3 is 15.0 Å². The zero-order chi connectivity index (χ0) is 17.4. The predicted octanol–water partition coefficient (Wildman–Crippen LogP) is 2.48. The first-order valence-corrected chi connectivity index (χ1v) is 8.51. The summed E-state index contributed by atoms with van der Waals surface area (Å²) < 4.78 is 4.66. The highest BCUT2D eigenvalue weighted by molar-refractivity contribution is 5.92. The summed E-state index contributed by atoms with van der Waals surface area (Å²) in [7, 11) is 1.35. The lowest BCUT2D eigenvalue weighted by Gasteiger charge is -2.31. The standard InChI is InChI=1S/C19H26N2O3/c1-3-12-21-13-10-17(11-14-21)20-18(22)9-6-15-4-7-16(8-5-15)19(23)24-2/h4-9,17H,3,10-14H2,1-2H3,(H,20,22)/b9-6+. The van der Waals surface area contributed by atoms with Crippen LogP contribution in [-0.2, 0) is 9.53 Å². The molecule has 24 heavy (non-hydrogen) atoms. The maximum absolute atomic E-state index is 12.0. The number of nitrogens with zero attached hydrogens (tertiary/aromatic N) is 1. The molecular weight excluding hydrogens is 304 g/mol. The van der Waals surface area contributed by atoms with Gasteiger partial charge in [0.2, 0.25) is 5.91 Å². The van der Waals surface area contributed by atoms with E-state index >= 15 is 0 Å². The number of piperidine rings is 1. The fourth-order valence-electron chi connectivity index (χ4n) is 2.89. The first-order chi connectivity index (χ1) is 11.6. The largest absolute Gasteiger partial charge is 0.465 e. The number of hydrogen-bond acceptors (Lipinski definition) is 4. The predicted molar refractivity (Wildman–Crippen MR) is 94.7 cm³/mol. The first-order valence-electron chi connectivity index (χ1n) is 8.51. The van der Waals surface area contributed by atoms with E-state index in [2.05, 4.69) is 21.9 Å². The van der Waals surface area contributed by atoms with E-state index in [4.69, 9.17) is 0 Å². The smallest absolute Gasteiger partial charge is 0.337 e. The van der Waals surface area contributed by atoms with Crippen LogP contribution in [0, 0.1) is 0 Å². The summed E-state index contributed by atoms with van der Waals surface area (Å²) in [5.74, 6) is -0.432. The number of rotatable bonds is 6. The molecule has 0 saturated carbocycles. The maximum Gasteiger partial charge on any atom is 0.337 e. The van der Waals surface area contributed by atoms with Crippen LogP contribution in [0.4, 0.5) is 0 Å². The third-order valence-corrected chi connectivity index (χ3v) is 4.23. The van der Waals surface area contributed by atoms with Gasteiger partial charge >= 0.3 is 5.97 Å². The van der Waals surface area contributed by atoms with Crippen molar-refractivity contribution in [2.24, 2.45) is 0 Å². The van der Waals surface area contributed by atoms with E-state index in [9.17, 15) is 9.59 Å². The van der Waals surface area contributed by atoms with Gasteiger partial charge in [-0.1, -0.05) is 19.1 Å². The van der Waals surface area contributed by atoms with Crippen LogP contribution in [0.3, 0.4) is 0 Å². The number of benzene rings is 1. The normalized spacial score (nSPS) is 16.2. The van der Waals surface area contributed by atoms with Crippen molar-refractivity contribution in [1.82, 2.24) is 10.2 Å². The van der Waals surface area contributed by atoms with Crippen molar-refractivity contribution in [3.63, 3.8) is 0 Å². The van der Waals surface area contributed by atoms with Crippen molar-refractivity contribution in [2.75, 3.05) is 26.7 Å². The third-order valence-electron chi connectivity index (χ3n) is 4.23. The van der Waals surface area contributed by atoms with Crippen LogP contribution in [-0.4, -0.2) is 49.6 Å². The second-order valence-electron chi connectivity index (χ2n) is 6.07. The second-order valence-corrected chi connectivity index (χ2v) is 6.07. The molecule has 5 heteroatoms. The van der Waals surface area contributed by atoms with Gasteiger partial charge in [-0.05, 0) is 49.6 Å². The number of methoxy groups -OCH3 is 1. The zero-order valence-corrected chi connectivity index (χ0v) is 14.5. The summed E-state index contributed by atoms with van der Waals surface area (Å²) >= 11 is 0. The number of esters is 1. The Morgan fingerprint density at radius 2 is 1.92 bits per heavy atom. The van der Waals surface area contributed by atoms with E-state index in [1.54, 1.807) is 36.4 Å². The molecule has 130 valence electrons. The maximum atomic E-state index is 12.0. The van der Waals surface area contributed by atoms with Gasteiger partial charge in [-0.15, -0.1) is 0 Å². The van der Waals surface area contributed by atoms with E-state index < -0.39 is 0 Å². The molecule has 1 saturated heterocycles. The molecule has 1 aromatic rings. The Morgan fingerprint density at radius 3 is 2.50 bits per heavy atom. The SMILES string of the molecule is CCCN1CCC(NC(=O)/C=C/c2ccc(C(=O)OC)cc2)CC1. The molecular formula is C19H26N2O3. The molecule has 0 unspecified atom stereocenters. The molecule has 1 heterocycles. The fourth-order valence-corrected chi connectivity index (χ4v) is 2.89. The fraction of sp³-hybridized carbons (Fsp3) is 0.474. The Morgan fingerprint density at radius 1 is 1.25 bits per heavy atom. The van der Waals surface area contributed by atoms with E-state index in [-0.39, 0.29) is 17.9 Å². The average molecular weight is 330 g/mol. The minimum Gasteiger partial charge on any atom is -0.465 e. The van der Waals surface area contributed by atoms with Crippen LogP contribution >= 0.6 is 0 Å². The molecule has 0 spiro atoms. The van der Waals surface area contributed by atoms with Crippen molar-refractivity contribution >= 4 is 18.0 Å². The lowest BCUT2D eigenvalue weighted by atomic mass is 10.0. The number of carbonyl (C=O) groups is 2. The van der Waals surface area contributed by atoms with Crippen molar-refractivity contribution in [3.8, 4) is 0 Å². The summed E-state index contributed by atoms with van der Waals surface area (Å²) in [5, 5.41) is 3.06. The Kier molecular flexibility index (Phi) is 7.00. The number of hydrogen-bond donors (Lipinski definition) is 1. The Hall–Kier alpha value is -2.14. The van der Waals surface area contributed by atoms with Gasteiger partial charge in [-0.2, -0.15) is 0 Å². The minimum absolute atomic E-state index is 0.0685. The monoisotopic (exact) mass is 330 g/mol. The van der Waals surface area contributed by atoms with Gasteiger partial charge in [-0.25, -0.2) is 4.79 Å². The molecule has 1 aliphatic rings. The Balaban J connectivity index is 1.80. The van der Waals surface area contributed by atoms with Gasteiger partial charge in [-0.3, -0.25) is 4.79 Å². The van der Waals surface area contributed by atoms with Gasteiger partial charge in [0.25, 0.3) is 0 Å². The lowest BCUT2D eigenvalue weighted by molar-refractivity contribution is -0.117. The number of amides is 1. The van der Waals surface area contributed by atoms with Gasteiger partial charge in [0.15, 0.2) is 0 Å². The van der Waals surface area contributed by atoms with E-state index in [1.165, 1.54) is 13.5 Å². The first kappa shape index (κ1) is 18.2. The number of carbonyl (C=O) groups excluding carboxylic acids is 2. The van der Waals surface area contributed by atoms with Crippen LogP contribution in [0.25, 0.3) is 6.08 Å². The summed E-state index contributed by atoms with van der Waals surface area (Å²) in [6.07, 6.45) is 6.49. The summed E-state index contributed by atoms with van der Waals surface area (Å²) in [4.78, 5) is 25.8. The molecule has 1 aliphatic heterocycles. The van der Waals surface area contributed by atoms with Gasteiger partial charge in [0.1, 0.15) is 0 Å². The number of likely N-dealkylation sites (tertiary alicyclic amines) is 1. The van der Waals surface area contributed by atoms with E-state index in [0.717, 1.165) is 38.0 Å². The van der Waals surface area contributed by atoms with E-state index in [1.807, 2.05) is 0 Å². The molecule has 5 nitrogen and oxygen atoms in total. The molecule has 0 bridgehead atoms. The molecule has 2 rings (SSSR count). The number of ether oxygens (including phenoxy) is 1. The molecule has 1 fully saturated rings. The molecule has 0 aliphatic carbocycles. The molecule has 1 aromatic carbocycles.